The Hall–Kier alpha value is -2.51. The van der Waals surface area contributed by atoms with Gasteiger partial charge in [-0.2, -0.15) is 4.98 Å². The molecule has 2 heterocycles. The molecule has 0 radical (unpaired) electrons. The quantitative estimate of drug-likeness (QED) is 0.779. The van der Waals surface area contributed by atoms with Crippen molar-refractivity contribution in [3.63, 3.8) is 0 Å². The number of aromatic nitrogens is 4. The third kappa shape index (κ3) is 3.00. The van der Waals surface area contributed by atoms with Crippen molar-refractivity contribution < 1.29 is 9.32 Å². The molecule has 94 valence electrons. The smallest absolute Gasteiger partial charge is 0.272 e. The van der Waals surface area contributed by atoms with Crippen LogP contribution in [-0.4, -0.2) is 32.8 Å². The van der Waals surface area contributed by atoms with E-state index in [-0.39, 0.29) is 18.1 Å². The second-order valence-electron chi connectivity index (χ2n) is 3.36. The molecule has 0 fully saturated rings. The molecule has 0 saturated carbocycles. The minimum atomic E-state index is -0.338. The number of nitrogens with zero attached hydrogens (tertiary/aromatic N) is 4. The summed E-state index contributed by atoms with van der Waals surface area (Å²) in [4.78, 5) is 15.5. The van der Waals surface area contributed by atoms with E-state index in [0.29, 0.717) is 11.6 Å². The summed E-state index contributed by atoms with van der Waals surface area (Å²) in [5.74, 6) is 0.697. The van der Waals surface area contributed by atoms with Crippen LogP contribution in [0.3, 0.4) is 0 Å². The Bertz CT molecular complexity index is 496. The predicted octanol–water partition coefficient (Wildman–Crippen LogP) is 0.221. The summed E-state index contributed by atoms with van der Waals surface area (Å²) >= 11 is 0. The lowest BCUT2D eigenvalue weighted by molar-refractivity contribution is 0.0943. The maximum Gasteiger partial charge on any atom is 0.272 e. The van der Waals surface area contributed by atoms with Gasteiger partial charge in [0.15, 0.2) is 11.5 Å². The van der Waals surface area contributed by atoms with E-state index in [4.69, 9.17) is 0 Å². The number of anilines is 1. The average Bonchev–Trinajstić information content (AvgIpc) is 2.90. The van der Waals surface area contributed by atoms with Crippen molar-refractivity contribution in [1.82, 2.24) is 25.7 Å². The Labute approximate surface area is 103 Å². The summed E-state index contributed by atoms with van der Waals surface area (Å²) in [6.07, 6.45) is 1.20. The minimum Gasteiger partial charge on any atom is -0.369 e. The highest BCUT2D eigenvalue weighted by Gasteiger charge is 2.09. The predicted molar refractivity (Wildman–Crippen MR) is 61.7 cm³/mol. The summed E-state index contributed by atoms with van der Waals surface area (Å²) in [6, 6.07) is 3.29. The van der Waals surface area contributed by atoms with Crippen molar-refractivity contribution in [1.29, 1.82) is 0 Å². The van der Waals surface area contributed by atoms with Gasteiger partial charge in [-0.1, -0.05) is 5.16 Å². The van der Waals surface area contributed by atoms with Crippen molar-refractivity contribution >= 4 is 11.7 Å². The van der Waals surface area contributed by atoms with E-state index >= 15 is 0 Å². The maximum atomic E-state index is 11.7. The van der Waals surface area contributed by atoms with Gasteiger partial charge in [0.2, 0.25) is 6.39 Å². The highest BCUT2D eigenvalue weighted by Crippen LogP contribution is 2.01. The van der Waals surface area contributed by atoms with Crippen LogP contribution in [0.15, 0.2) is 23.0 Å². The minimum absolute atomic E-state index is 0.186. The molecule has 0 spiro atoms. The molecule has 0 aromatic carbocycles. The Morgan fingerprint density at radius 1 is 1.39 bits per heavy atom. The third-order valence-corrected chi connectivity index (χ3v) is 2.07. The molecule has 2 aromatic heterocycles. The lowest BCUT2D eigenvalue weighted by Crippen LogP contribution is -2.24. The lowest BCUT2D eigenvalue weighted by atomic mass is 10.3. The Balaban J connectivity index is 1.92. The first-order valence-electron chi connectivity index (χ1n) is 5.40. The number of carbonyl (C=O) groups excluding carboxylic acids is 1. The largest absolute Gasteiger partial charge is 0.369 e. The molecular weight excluding hydrogens is 236 g/mol. The fourth-order valence-corrected chi connectivity index (χ4v) is 1.25. The zero-order valence-corrected chi connectivity index (χ0v) is 9.75. The van der Waals surface area contributed by atoms with Crippen LogP contribution in [0.2, 0.25) is 0 Å². The second-order valence-corrected chi connectivity index (χ2v) is 3.36. The number of rotatable bonds is 5. The van der Waals surface area contributed by atoms with Gasteiger partial charge in [-0.25, -0.2) is 0 Å². The molecule has 0 aliphatic rings. The number of nitrogens with one attached hydrogen (secondary N) is 2. The molecule has 8 nitrogen and oxygen atoms in total. The van der Waals surface area contributed by atoms with Gasteiger partial charge in [0.25, 0.3) is 5.91 Å². The van der Waals surface area contributed by atoms with Gasteiger partial charge < -0.3 is 15.2 Å². The molecule has 0 saturated heterocycles. The van der Waals surface area contributed by atoms with Crippen molar-refractivity contribution in [2.75, 3.05) is 11.9 Å². The first-order chi connectivity index (χ1) is 8.79. The highest BCUT2D eigenvalue weighted by atomic mass is 16.5. The molecule has 2 rings (SSSR count). The van der Waals surface area contributed by atoms with Crippen LogP contribution >= 0.6 is 0 Å². The van der Waals surface area contributed by atoms with E-state index in [1.165, 1.54) is 6.39 Å². The fraction of sp³-hybridized carbons (Fsp3) is 0.300. The van der Waals surface area contributed by atoms with E-state index in [1.54, 1.807) is 12.1 Å². The highest BCUT2D eigenvalue weighted by molar-refractivity contribution is 5.92. The lowest BCUT2D eigenvalue weighted by Gasteiger charge is -2.03. The van der Waals surface area contributed by atoms with Crippen molar-refractivity contribution in [3.05, 3.63) is 30.0 Å². The number of hydrogen-bond donors (Lipinski definition) is 2. The Morgan fingerprint density at radius 3 is 2.89 bits per heavy atom. The fourth-order valence-electron chi connectivity index (χ4n) is 1.25. The average molecular weight is 248 g/mol. The van der Waals surface area contributed by atoms with Gasteiger partial charge >= 0.3 is 0 Å². The van der Waals surface area contributed by atoms with Crippen LogP contribution in [0.1, 0.15) is 23.2 Å². The molecule has 0 aliphatic heterocycles. The standard InChI is InChI=1S/C10H12N6O2/c1-2-11-8-4-3-7(14-15-8)10(17)12-5-9-13-6-18-16-9/h3-4,6H,2,5H2,1H3,(H,11,15)(H,12,17). The van der Waals surface area contributed by atoms with E-state index < -0.39 is 0 Å². The summed E-state index contributed by atoms with van der Waals surface area (Å²) in [6.45, 7) is 2.89. The van der Waals surface area contributed by atoms with Crippen LogP contribution in [0.5, 0.6) is 0 Å². The number of carbonyl (C=O) groups is 1. The van der Waals surface area contributed by atoms with Crippen LogP contribution in [0, 0.1) is 0 Å². The zero-order valence-electron chi connectivity index (χ0n) is 9.75. The van der Waals surface area contributed by atoms with Crippen molar-refractivity contribution in [2.45, 2.75) is 13.5 Å². The summed E-state index contributed by atoms with van der Waals surface area (Å²) in [7, 11) is 0. The molecule has 8 heteroatoms. The summed E-state index contributed by atoms with van der Waals surface area (Å²) < 4.78 is 4.55. The Kier molecular flexibility index (Phi) is 3.79. The molecule has 18 heavy (non-hydrogen) atoms. The molecule has 0 atom stereocenters. The van der Waals surface area contributed by atoms with Crippen LogP contribution in [0.25, 0.3) is 0 Å². The Morgan fingerprint density at radius 2 is 2.28 bits per heavy atom. The summed E-state index contributed by atoms with van der Waals surface area (Å²) in [5.41, 5.74) is 0.236. The number of hydrogen-bond acceptors (Lipinski definition) is 7. The topological polar surface area (TPSA) is 106 Å². The van der Waals surface area contributed by atoms with E-state index in [1.807, 2.05) is 6.92 Å². The monoisotopic (exact) mass is 248 g/mol. The first kappa shape index (κ1) is 12.0. The van der Waals surface area contributed by atoms with Crippen molar-refractivity contribution in [3.8, 4) is 0 Å². The van der Waals surface area contributed by atoms with E-state index in [9.17, 15) is 4.79 Å². The molecule has 0 aliphatic carbocycles. The maximum absolute atomic E-state index is 11.7. The molecule has 2 aromatic rings. The van der Waals surface area contributed by atoms with Gasteiger partial charge in [0.05, 0.1) is 6.54 Å². The molecule has 0 unspecified atom stereocenters. The van der Waals surface area contributed by atoms with Gasteiger partial charge in [0.1, 0.15) is 5.82 Å². The molecule has 2 N–H and O–H groups in total. The zero-order chi connectivity index (χ0) is 12.8. The normalized spacial score (nSPS) is 10.1. The van der Waals surface area contributed by atoms with Crippen molar-refractivity contribution in [2.24, 2.45) is 0 Å². The molecular formula is C10H12N6O2. The van der Waals surface area contributed by atoms with Gasteiger partial charge in [0, 0.05) is 6.54 Å². The number of amides is 1. The van der Waals surface area contributed by atoms with E-state index in [0.717, 1.165) is 6.54 Å². The van der Waals surface area contributed by atoms with Crippen LogP contribution in [-0.2, 0) is 6.54 Å². The van der Waals surface area contributed by atoms with Gasteiger partial charge in [-0.15, -0.1) is 10.2 Å². The SMILES string of the molecule is CCNc1ccc(C(=O)NCc2ncon2)nn1. The van der Waals surface area contributed by atoms with Gasteiger partial charge in [-0.3, -0.25) is 4.79 Å². The molecule has 0 bridgehead atoms. The van der Waals surface area contributed by atoms with Crippen LogP contribution in [0.4, 0.5) is 5.82 Å². The summed E-state index contributed by atoms with van der Waals surface area (Å²) in [5, 5.41) is 16.8. The van der Waals surface area contributed by atoms with Gasteiger partial charge in [-0.05, 0) is 19.1 Å². The first-order valence-corrected chi connectivity index (χ1v) is 5.40. The third-order valence-electron chi connectivity index (χ3n) is 2.07. The second kappa shape index (κ2) is 5.71. The van der Waals surface area contributed by atoms with Crippen LogP contribution < -0.4 is 10.6 Å². The molecule has 1 amide bonds. The van der Waals surface area contributed by atoms with E-state index in [2.05, 4.69) is 35.5 Å².